The van der Waals surface area contributed by atoms with E-state index in [-0.39, 0.29) is 17.1 Å². The average molecular weight is 411 g/mol. The van der Waals surface area contributed by atoms with Crippen molar-refractivity contribution >= 4 is 17.7 Å². The molecule has 0 saturated heterocycles. The Morgan fingerprint density at radius 1 is 0.871 bits per heavy atom. The number of nitrogens with zero attached hydrogens (tertiary/aromatic N) is 4. The molecule has 8 nitrogen and oxygen atoms in total. The Morgan fingerprint density at radius 3 is 2.32 bits per heavy atom. The molecule has 4 rings (SSSR count). The Bertz CT molecular complexity index is 1210. The molecule has 0 aliphatic heterocycles. The summed E-state index contributed by atoms with van der Waals surface area (Å²) in [5, 5.41) is 2.66. The van der Waals surface area contributed by atoms with E-state index in [9.17, 15) is 9.59 Å². The number of aromatic nitrogens is 4. The van der Waals surface area contributed by atoms with Crippen LogP contribution in [0.3, 0.4) is 0 Å². The van der Waals surface area contributed by atoms with Crippen LogP contribution >= 0.6 is 0 Å². The molecule has 152 valence electrons. The number of rotatable bonds is 5. The topological polar surface area (TPSA) is 107 Å². The van der Waals surface area contributed by atoms with Gasteiger partial charge in [0.2, 0.25) is 0 Å². The van der Waals surface area contributed by atoms with Crippen molar-refractivity contribution in [2.24, 2.45) is 0 Å². The van der Waals surface area contributed by atoms with E-state index in [0.717, 1.165) is 16.7 Å². The molecule has 3 heterocycles. The van der Waals surface area contributed by atoms with Crippen LogP contribution in [0.4, 0.5) is 5.82 Å². The highest BCUT2D eigenvalue weighted by atomic mass is 16.5. The maximum atomic E-state index is 12.4. The maximum Gasteiger partial charge on any atom is 0.338 e. The predicted molar refractivity (Wildman–Crippen MR) is 114 cm³/mol. The van der Waals surface area contributed by atoms with E-state index in [2.05, 4.69) is 25.3 Å². The highest BCUT2D eigenvalue weighted by Crippen LogP contribution is 2.25. The van der Waals surface area contributed by atoms with Crippen molar-refractivity contribution in [3.05, 3.63) is 90.8 Å². The van der Waals surface area contributed by atoms with Crippen molar-refractivity contribution in [2.45, 2.75) is 0 Å². The first-order chi connectivity index (χ1) is 15.1. The van der Waals surface area contributed by atoms with Gasteiger partial charge in [0.25, 0.3) is 5.91 Å². The Morgan fingerprint density at radius 2 is 1.65 bits per heavy atom. The summed E-state index contributed by atoms with van der Waals surface area (Å²) in [5.74, 6) is -0.823. The van der Waals surface area contributed by atoms with Crippen molar-refractivity contribution in [2.75, 3.05) is 12.4 Å². The number of methoxy groups -OCH3 is 1. The van der Waals surface area contributed by atoms with Gasteiger partial charge in [0, 0.05) is 30.4 Å². The third-order valence-corrected chi connectivity index (χ3v) is 4.46. The normalized spacial score (nSPS) is 10.4. The van der Waals surface area contributed by atoms with Gasteiger partial charge >= 0.3 is 5.97 Å². The molecular weight excluding hydrogens is 394 g/mol. The zero-order valence-electron chi connectivity index (χ0n) is 16.5. The number of hydrogen-bond donors (Lipinski definition) is 1. The molecule has 0 radical (unpaired) electrons. The molecule has 0 bridgehead atoms. The molecule has 0 spiro atoms. The second-order valence-corrected chi connectivity index (χ2v) is 6.48. The first kappa shape index (κ1) is 19.8. The van der Waals surface area contributed by atoms with E-state index >= 15 is 0 Å². The highest BCUT2D eigenvalue weighted by Gasteiger charge is 2.15. The second kappa shape index (κ2) is 8.91. The number of hydrogen-bond acceptors (Lipinski definition) is 7. The fourth-order valence-corrected chi connectivity index (χ4v) is 2.94. The SMILES string of the molecule is COC(=O)c1cc(NC(=O)c2cnccn2)nc(-c2ccc(-c3cccnc3)cc2)c1. The summed E-state index contributed by atoms with van der Waals surface area (Å²) >= 11 is 0. The molecule has 0 aliphatic carbocycles. The molecule has 31 heavy (non-hydrogen) atoms. The van der Waals surface area contributed by atoms with E-state index < -0.39 is 11.9 Å². The molecule has 0 saturated carbocycles. The monoisotopic (exact) mass is 411 g/mol. The summed E-state index contributed by atoms with van der Waals surface area (Å²) in [6.07, 6.45) is 7.74. The van der Waals surface area contributed by atoms with Crippen LogP contribution < -0.4 is 5.32 Å². The van der Waals surface area contributed by atoms with Gasteiger partial charge in [0.15, 0.2) is 0 Å². The Kier molecular flexibility index (Phi) is 5.70. The Balaban J connectivity index is 1.67. The van der Waals surface area contributed by atoms with Gasteiger partial charge < -0.3 is 10.1 Å². The fourth-order valence-electron chi connectivity index (χ4n) is 2.94. The van der Waals surface area contributed by atoms with E-state index in [1.165, 1.54) is 31.8 Å². The first-order valence-electron chi connectivity index (χ1n) is 9.32. The molecule has 1 amide bonds. The number of anilines is 1. The number of ether oxygens (including phenoxy) is 1. The molecule has 0 atom stereocenters. The van der Waals surface area contributed by atoms with Gasteiger partial charge in [-0.2, -0.15) is 0 Å². The van der Waals surface area contributed by atoms with Gasteiger partial charge in [-0.25, -0.2) is 14.8 Å². The Labute approximate surface area is 178 Å². The number of benzene rings is 1. The number of amides is 1. The zero-order chi connectivity index (χ0) is 21.6. The van der Waals surface area contributed by atoms with Gasteiger partial charge in [-0.05, 0) is 29.3 Å². The van der Waals surface area contributed by atoms with Crippen LogP contribution in [0.15, 0.2) is 79.5 Å². The summed E-state index contributed by atoms with van der Waals surface area (Å²) in [6.45, 7) is 0. The van der Waals surface area contributed by atoms with E-state index in [0.29, 0.717) is 5.69 Å². The average Bonchev–Trinajstić information content (AvgIpc) is 2.84. The molecule has 1 N–H and O–H groups in total. The largest absolute Gasteiger partial charge is 0.465 e. The zero-order valence-corrected chi connectivity index (χ0v) is 16.5. The van der Waals surface area contributed by atoms with Crippen LogP contribution in [0.25, 0.3) is 22.4 Å². The van der Waals surface area contributed by atoms with E-state index in [4.69, 9.17) is 4.74 Å². The minimum Gasteiger partial charge on any atom is -0.465 e. The maximum absolute atomic E-state index is 12.4. The number of nitrogens with one attached hydrogen (secondary N) is 1. The molecule has 8 heteroatoms. The smallest absolute Gasteiger partial charge is 0.338 e. The second-order valence-electron chi connectivity index (χ2n) is 6.48. The summed E-state index contributed by atoms with van der Waals surface area (Å²) in [5.41, 5.74) is 3.66. The van der Waals surface area contributed by atoms with Crippen molar-refractivity contribution < 1.29 is 14.3 Å². The molecule has 0 unspecified atom stereocenters. The quantitative estimate of drug-likeness (QED) is 0.500. The van der Waals surface area contributed by atoms with Gasteiger partial charge in [-0.15, -0.1) is 0 Å². The van der Waals surface area contributed by atoms with Gasteiger partial charge in [0.05, 0.1) is 24.6 Å². The summed E-state index contributed by atoms with van der Waals surface area (Å²) in [7, 11) is 1.29. The standard InChI is InChI=1S/C23H17N5O3/c1-31-23(30)18-11-19(16-6-4-15(5-7-16)17-3-2-8-24-13-17)27-21(12-18)28-22(29)20-14-25-9-10-26-20/h2-14H,1H3,(H,27,28,29). The molecule has 0 fully saturated rings. The summed E-state index contributed by atoms with van der Waals surface area (Å²) < 4.78 is 4.84. The lowest BCUT2D eigenvalue weighted by Crippen LogP contribution is -2.15. The molecule has 3 aromatic heterocycles. The van der Waals surface area contributed by atoms with Crippen molar-refractivity contribution in [1.29, 1.82) is 0 Å². The Hall–Kier alpha value is -4.46. The van der Waals surface area contributed by atoms with Crippen LogP contribution in [0, 0.1) is 0 Å². The molecule has 0 aliphatic rings. The van der Waals surface area contributed by atoms with E-state index in [1.54, 1.807) is 18.5 Å². The fraction of sp³-hybridized carbons (Fsp3) is 0.0435. The number of esters is 1. The van der Waals surface area contributed by atoms with Crippen LogP contribution in [-0.4, -0.2) is 38.9 Å². The number of carbonyl (C=O) groups excluding carboxylic acids is 2. The first-order valence-corrected chi connectivity index (χ1v) is 9.32. The van der Waals surface area contributed by atoms with Crippen LogP contribution in [-0.2, 0) is 4.74 Å². The minimum atomic E-state index is -0.536. The van der Waals surface area contributed by atoms with Crippen LogP contribution in [0.2, 0.25) is 0 Å². The third-order valence-electron chi connectivity index (χ3n) is 4.46. The van der Waals surface area contributed by atoms with Crippen molar-refractivity contribution in [1.82, 2.24) is 19.9 Å². The highest BCUT2D eigenvalue weighted by molar-refractivity contribution is 6.03. The minimum absolute atomic E-state index is 0.134. The molecule has 4 aromatic rings. The molecule has 1 aromatic carbocycles. The predicted octanol–water partition coefficient (Wildman–Crippen LogP) is 3.64. The number of pyridine rings is 2. The van der Waals surface area contributed by atoms with E-state index in [1.807, 2.05) is 36.4 Å². The summed E-state index contributed by atoms with van der Waals surface area (Å²) in [6, 6.07) is 14.6. The van der Waals surface area contributed by atoms with Gasteiger partial charge in [-0.1, -0.05) is 30.3 Å². The van der Waals surface area contributed by atoms with Gasteiger partial charge in [-0.3, -0.25) is 14.8 Å². The van der Waals surface area contributed by atoms with Crippen LogP contribution in [0.5, 0.6) is 0 Å². The lowest BCUT2D eigenvalue weighted by Gasteiger charge is -2.10. The summed E-state index contributed by atoms with van der Waals surface area (Å²) in [4.78, 5) is 41.1. The molecular formula is C23H17N5O3. The van der Waals surface area contributed by atoms with Crippen molar-refractivity contribution in [3.63, 3.8) is 0 Å². The number of carbonyl (C=O) groups is 2. The third kappa shape index (κ3) is 4.59. The van der Waals surface area contributed by atoms with Gasteiger partial charge in [0.1, 0.15) is 11.5 Å². The lowest BCUT2D eigenvalue weighted by atomic mass is 10.0. The van der Waals surface area contributed by atoms with Crippen molar-refractivity contribution in [3.8, 4) is 22.4 Å². The lowest BCUT2D eigenvalue weighted by molar-refractivity contribution is 0.0600. The van der Waals surface area contributed by atoms with Crippen LogP contribution in [0.1, 0.15) is 20.8 Å².